The van der Waals surface area contributed by atoms with Gasteiger partial charge in [-0.3, -0.25) is 20.2 Å². The standard InChI is InChI=1S/C19H15N3O6S/c1-27-15-8-4-12(5-9-15)16-11-29-19(20-16)21-17(23)10-28-18(24)13-2-6-14(7-3-13)22(25)26/h2-9,11H,10H2,1H3,(H,20,21,23). The number of nitro groups is 1. The molecular formula is C19H15N3O6S. The largest absolute Gasteiger partial charge is 0.497 e. The average Bonchev–Trinajstić information content (AvgIpc) is 3.20. The highest BCUT2D eigenvalue weighted by Gasteiger charge is 2.14. The van der Waals surface area contributed by atoms with Crippen LogP contribution in [0, 0.1) is 10.1 Å². The third-order valence-corrected chi connectivity index (χ3v) is 4.54. The van der Waals surface area contributed by atoms with Crippen LogP contribution in [0.15, 0.2) is 53.9 Å². The number of methoxy groups -OCH3 is 1. The fourth-order valence-electron chi connectivity index (χ4n) is 2.31. The molecule has 0 saturated heterocycles. The van der Waals surface area contributed by atoms with E-state index in [-0.39, 0.29) is 11.3 Å². The van der Waals surface area contributed by atoms with E-state index in [1.807, 2.05) is 24.3 Å². The summed E-state index contributed by atoms with van der Waals surface area (Å²) in [5, 5.41) is 15.3. The van der Waals surface area contributed by atoms with E-state index in [2.05, 4.69) is 10.3 Å². The van der Waals surface area contributed by atoms with Crippen molar-refractivity contribution in [1.82, 2.24) is 4.98 Å². The topological polar surface area (TPSA) is 121 Å². The molecule has 0 atom stereocenters. The van der Waals surface area contributed by atoms with Crippen LogP contribution in [0.1, 0.15) is 10.4 Å². The maximum Gasteiger partial charge on any atom is 0.338 e. The van der Waals surface area contributed by atoms with Crippen molar-refractivity contribution < 1.29 is 24.0 Å². The number of esters is 1. The summed E-state index contributed by atoms with van der Waals surface area (Å²) in [5.74, 6) is -0.573. The Balaban J connectivity index is 1.53. The van der Waals surface area contributed by atoms with Gasteiger partial charge in [0, 0.05) is 23.1 Å². The van der Waals surface area contributed by atoms with E-state index in [9.17, 15) is 19.7 Å². The molecule has 1 heterocycles. The van der Waals surface area contributed by atoms with Crippen molar-refractivity contribution in [3.8, 4) is 17.0 Å². The Labute approximate surface area is 169 Å². The highest BCUT2D eigenvalue weighted by Crippen LogP contribution is 2.26. The highest BCUT2D eigenvalue weighted by atomic mass is 32.1. The van der Waals surface area contributed by atoms with Crippen LogP contribution in [0.25, 0.3) is 11.3 Å². The molecule has 0 aliphatic rings. The van der Waals surface area contributed by atoms with Gasteiger partial charge in [-0.15, -0.1) is 11.3 Å². The van der Waals surface area contributed by atoms with Crippen molar-refractivity contribution in [2.45, 2.75) is 0 Å². The van der Waals surface area contributed by atoms with Crippen LogP contribution in [-0.2, 0) is 9.53 Å². The molecule has 0 spiro atoms. The van der Waals surface area contributed by atoms with Crippen molar-refractivity contribution >= 4 is 34.0 Å². The molecule has 3 rings (SSSR count). The third-order valence-electron chi connectivity index (χ3n) is 3.78. The minimum atomic E-state index is -0.756. The normalized spacial score (nSPS) is 10.2. The predicted octanol–water partition coefficient (Wildman–Crippen LogP) is 3.52. The molecule has 1 N–H and O–H groups in total. The van der Waals surface area contributed by atoms with Gasteiger partial charge >= 0.3 is 5.97 Å². The number of anilines is 1. The molecule has 9 nitrogen and oxygen atoms in total. The molecule has 2 aromatic carbocycles. The van der Waals surface area contributed by atoms with E-state index in [0.29, 0.717) is 10.8 Å². The Kier molecular flexibility index (Phi) is 6.15. The van der Waals surface area contributed by atoms with Crippen LogP contribution in [-0.4, -0.2) is 35.5 Å². The summed E-state index contributed by atoms with van der Waals surface area (Å²) in [7, 11) is 1.58. The quantitative estimate of drug-likeness (QED) is 0.357. The number of thiazole rings is 1. The van der Waals surface area contributed by atoms with Gasteiger partial charge < -0.3 is 9.47 Å². The molecule has 0 fully saturated rings. The summed E-state index contributed by atoms with van der Waals surface area (Å²) in [6.07, 6.45) is 0. The second-order valence-electron chi connectivity index (χ2n) is 5.69. The lowest BCUT2D eigenvalue weighted by Crippen LogP contribution is -2.20. The summed E-state index contributed by atoms with van der Waals surface area (Å²) in [6, 6.07) is 12.2. The number of hydrogen-bond acceptors (Lipinski definition) is 8. The van der Waals surface area contributed by atoms with Crippen LogP contribution < -0.4 is 10.1 Å². The summed E-state index contributed by atoms with van der Waals surface area (Å²) >= 11 is 1.24. The van der Waals surface area contributed by atoms with Crippen LogP contribution in [0.5, 0.6) is 5.75 Å². The zero-order valence-corrected chi connectivity index (χ0v) is 16.0. The number of rotatable bonds is 7. The first-order valence-corrected chi connectivity index (χ1v) is 9.15. The van der Waals surface area contributed by atoms with Crippen LogP contribution in [0.3, 0.4) is 0 Å². The monoisotopic (exact) mass is 413 g/mol. The fraction of sp³-hybridized carbons (Fsp3) is 0.105. The van der Waals surface area contributed by atoms with Crippen molar-refractivity contribution in [2.24, 2.45) is 0 Å². The molecule has 148 valence electrons. The number of amides is 1. The zero-order valence-electron chi connectivity index (χ0n) is 15.2. The summed E-state index contributed by atoms with van der Waals surface area (Å²) < 4.78 is 10.0. The Morgan fingerprint density at radius 3 is 2.45 bits per heavy atom. The first kappa shape index (κ1) is 20.0. The van der Waals surface area contributed by atoms with Crippen molar-refractivity contribution in [2.75, 3.05) is 19.0 Å². The molecule has 0 saturated carbocycles. The van der Waals surface area contributed by atoms with Gasteiger partial charge in [0.05, 0.1) is 23.3 Å². The molecule has 1 amide bonds. The fourth-order valence-corrected chi connectivity index (χ4v) is 3.05. The number of carbonyl (C=O) groups is 2. The van der Waals surface area contributed by atoms with E-state index in [0.717, 1.165) is 11.3 Å². The minimum Gasteiger partial charge on any atom is -0.497 e. The molecule has 0 bridgehead atoms. The first-order chi connectivity index (χ1) is 14.0. The van der Waals surface area contributed by atoms with Crippen molar-refractivity contribution in [3.63, 3.8) is 0 Å². The lowest BCUT2D eigenvalue weighted by molar-refractivity contribution is -0.384. The second kappa shape index (κ2) is 8.93. The number of carbonyl (C=O) groups excluding carboxylic acids is 2. The summed E-state index contributed by atoms with van der Waals surface area (Å²) in [5.41, 5.74) is 1.53. The van der Waals surface area contributed by atoms with E-state index in [1.54, 1.807) is 12.5 Å². The van der Waals surface area contributed by atoms with Gasteiger partial charge in [-0.05, 0) is 36.4 Å². The zero-order chi connectivity index (χ0) is 20.8. The van der Waals surface area contributed by atoms with Gasteiger partial charge in [-0.25, -0.2) is 9.78 Å². The third kappa shape index (κ3) is 5.14. The molecule has 0 unspecified atom stereocenters. The first-order valence-electron chi connectivity index (χ1n) is 8.27. The highest BCUT2D eigenvalue weighted by molar-refractivity contribution is 7.14. The van der Waals surface area contributed by atoms with E-state index in [1.165, 1.54) is 35.6 Å². The predicted molar refractivity (Wildman–Crippen MR) is 106 cm³/mol. The van der Waals surface area contributed by atoms with E-state index >= 15 is 0 Å². The van der Waals surface area contributed by atoms with Crippen LogP contribution in [0.2, 0.25) is 0 Å². The molecular weight excluding hydrogens is 398 g/mol. The average molecular weight is 413 g/mol. The van der Waals surface area contributed by atoms with Gasteiger partial charge in [-0.1, -0.05) is 0 Å². The molecule has 29 heavy (non-hydrogen) atoms. The molecule has 0 aliphatic carbocycles. The SMILES string of the molecule is COc1ccc(-c2csc(NC(=O)COC(=O)c3ccc([N+](=O)[O-])cc3)n2)cc1. The number of hydrogen-bond donors (Lipinski definition) is 1. The lowest BCUT2D eigenvalue weighted by atomic mass is 10.2. The van der Waals surface area contributed by atoms with Gasteiger partial charge in [0.1, 0.15) is 5.75 Å². The summed E-state index contributed by atoms with van der Waals surface area (Å²) in [6.45, 7) is -0.507. The number of nitro benzene ring substituents is 1. The lowest BCUT2D eigenvalue weighted by Gasteiger charge is -2.04. The van der Waals surface area contributed by atoms with Gasteiger partial charge in [0.15, 0.2) is 11.7 Å². The smallest absolute Gasteiger partial charge is 0.338 e. The number of ether oxygens (including phenoxy) is 2. The number of aromatic nitrogens is 1. The molecule has 10 heteroatoms. The Hall–Kier alpha value is -3.79. The van der Waals surface area contributed by atoms with Gasteiger partial charge in [0.25, 0.3) is 11.6 Å². The number of benzene rings is 2. The van der Waals surface area contributed by atoms with Crippen molar-refractivity contribution in [1.29, 1.82) is 0 Å². The summed E-state index contributed by atoms with van der Waals surface area (Å²) in [4.78, 5) is 38.3. The maximum absolute atomic E-state index is 12.0. The van der Waals surface area contributed by atoms with E-state index in [4.69, 9.17) is 9.47 Å². The maximum atomic E-state index is 12.0. The van der Waals surface area contributed by atoms with Crippen molar-refractivity contribution in [3.05, 3.63) is 69.6 Å². The number of nitrogens with one attached hydrogen (secondary N) is 1. The molecule has 1 aromatic heterocycles. The Morgan fingerprint density at radius 2 is 1.83 bits per heavy atom. The molecule has 0 radical (unpaired) electrons. The van der Waals surface area contributed by atoms with E-state index < -0.39 is 23.4 Å². The van der Waals surface area contributed by atoms with Gasteiger partial charge in [0.2, 0.25) is 0 Å². The minimum absolute atomic E-state index is 0.111. The second-order valence-corrected chi connectivity index (χ2v) is 6.55. The molecule has 3 aromatic rings. The van der Waals surface area contributed by atoms with Gasteiger partial charge in [-0.2, -0.15) is 0 Å². The number of non-ortho nitro benzene ring substituents is 1. The van der Waals surface area contributed by atoms with Crippen LogP contribution >= 0.6 is 11.3 Å². The number of nitrogens with zero attached hydrogens (tertiary/aromatic N) is 2. The molecule has 0 aliphatic heterocycles. The van der Waals surface area contributed by atoms with Crippen LogP contribution in [0.4, 0.5) is 10.8 Å². The Morgan fingerprint density at radius 1 is 1.14 bits per heavy atom. The Bertz CT molecular complexity index is 1030.